The van der Waals surface area contributed by atoms with Gasteiger partial charge in [0.05, 0.1) is 0 Å². The van der Waals surface area contributed by atoms with Crippen LogP contribution >= 0.6 is 0 Å². The summed E-state index contributed by atoms with van der Waals surface area (Å²) in [4.78, 5) is 36.9. The average Bonchev–Trinajstić information content (AvgIpc) is 2.09. The monoisotopic (exact) mass is 270 g/mol. The van der Waals surface area contributed by atoms with Crippen LogP contribution in [0.15, 0.2) is 0 Å². The van der Waals surface area contributed by atoms with Crippen LogP contribution in [-0.2, 0) is 9.59 Å². The van der Waals surface area contributed by atoms with Gasteiger partial charge in [-0.1, -0.05) is 0 Å². The van der Waals surface area contributed by atoms with Crippen LogP contribution in [-0.4, -0.2) is 54.9 Å². The molecule has 0 atom stereocenters. The lowest BCUT2D eigenvalue weighted by atomic mass is 10.2. The maximum Gasteiger partial charge on any atom is 0.503 e. The van der Waals surface area contributed by atoms with Crippen molar-refractivity contribution in [2.45, 2.75) is 25.7 Å². The molecular weight excluding hydrogens is 256 g/mol. The first-order chi connectivity index (χ1) is 8.09. The molecule has 10 nitrogen and oxygen atoms in total. The van der Waals surface area contributed by atoms with E-state index in [1.54, 1.807) is 0 Å². The fourth-order valence-electron chi connectivity index (χ4n) is 0.552. The highest BCUT2D eigenvalue weighted by molar-refractivity contribution is 5.67. The number of carboxylic acids is 2. The van der Waals surface area contributed by atoms with E-state index in [0.29, 0.717) is 12.8 Å². The summed E-state index contributed by atoms with van der Waals surface area (Å²) >= 11 is 0. The van der Waals surface area contributed by atoms with Crippen LogP contribution in [0.3, 0.4) is 0 Å². The highest BCUT2D eigenvalue weighted by Gasteiger charge is 1.99. The number of rotatable bonds is 5. The Bertz CT molecular complexity index is 235. The smallest absolute Gasteiger partial charge is 0.481 e. The molecule has 0 amide bonds. The molecule has 0 saturated heterocycles. The Morgan fingerprint density at radius 1 is 0.556 bits per heavy atom. The molecule has 0 spiro atoms. The summed E-state index contributed by atoms with van der Waals surface area (Å²) in [5.41, 5.74) is 0. The van der Waals surface area contributed by atoms with E-state index in [4.69, 9.17) is 40.2 Å². The summed E-state index contributed by atoms with van der Waals surface area (Å²) in [7, 11) is 0. The van der Waals surface area contributed by atoms with Crippen molar-refractivity contribution in [3.63, 3.8) is 0 Å². The van der Waals surface area contributed by atoms with Crippen molar-refractivity contribution in [2.24, 2.45) is 0 Å². The Balaban J connectivity index is -0.000000233. The minimum atomic E-state index is -1.83. The zero-order valence-electron chi connectivity index (χ0n) is 9.14. The third kappa shape index (κ3) is 105. The van der Waals surface area contributed by atoms with Crippen molar-refractivity contribution in [2.75, 3.05) is 0 Å². The minimum Gasteiger partial charge on any atom is -0.481 e. The van der Waals surface area contributed by atoms with Gasteiger partial charge < -0.3 is 30.6 Å². The van der Waals surface area contributed by atoms with Gasteiger partial charge in [-0.3, -0.25) is 9.59 Å². The highest BCUT2D eigenvalue weighted by atomic mass is 16.6. The van der Waals surface area contributed by atoms with Gasteiger partial charge in [0.1, 0.15) is 0 Å². The van der Waals surface area contributed by atoms with Gasteiger partial charge in [0.25, 0.3) is 0 Å². The van der Waals surface area contributed by atoms with E-state index in [2.05, 4.69) is 0 Å². The lowest BCUT2D eigenvalue weighted by Gasteiger charge is -1.92. The molecule has 0 rings (SSSR count). The van der Waals surface area contributed by atoms with Crippen molar-refractivity contribution in [3.8, 4) is 0 Å². The first kappa shape index (κ1) is 20.8. The summed E-state index contributed by atoms with van der Waals surface area (Å²) in [6, 6.07) is 0. The topological polar surface area (TPSA) is 190 Å². The molecule has 0 bridgehead atoms. The highest BCUT2D eigenvalue weighted by Crippen LogP contribution is 1.98. The molecule has 0 aliphatic carbocycles. The van der Waals surface area contributed by atoms with Gasteiger partial charge in [0, 0.05) is 12.8 Å². The number of hydrogen-bond donors (Lipinski definition) is 6. The molecule has 0 fully saturated rings. The predicted octanol–water partition coefficient (Wildman–Crippen LogP) is 1.16. The van der Waals surface area contributed by atoms with E-state index in [0.717, 1.165) is 0 Å². The van der Waals surface area contributed by atoms with Gasteiger partial charge in [-0.15, -0.1) is 0 Å². The Morgan fingerprint density at radius 2 is 0.722 bits per heavy atom. The fourth-order valence-corrected chi connectivity index (χ4v) is 0.552. The van der Waals surface area contributed by atoms with Crippen LogP contribution < -0.4 is 0 Å². The van der Waals surface area contributed by atoms with Crippen LogP contribution in [0.5, 0.6) is 0 Å². The number of aliphatic carboxylic acids is 2. The Morgan fingerprint density at radius 3 is 0.833 bits per heavy atom. The van der Waals surface area contributed by atoms with E-state index in [1.165, 1.54) is 0 Å². The van der Waals surface area contributed by atoms with E-state index in [-0.39, 0.29) is 12.8 Å². The van der Waals surface area contributed by atoms with Crippen LogP contribution in [0.25, 0.3) is 0 Å². The lowest BCUT2D eigenvalue weighted by molar-refractivity contribution is -0.139. The van der Waals surface area contributed by atoms with Crippen LogP contribution in [0.4, 0.5) is 9.59 Å². The molecule has 0 aromatic carbocycles. The first-order valence-electron chi connectivity index (χ1n) is 4.37. The third-order valence-electron chi connectivity index (χ3n) is 1.03. The van der Waals surface area contributed by atoms with Crippen molar-refractivity contribution >= 4 is 24.2 Å². The molecule has 0 heterocycles. The second-order valence-electron chi connectivity index (χ2n) is 2.56. The fraction of sp³-hybridized carbons (Fsp3) is 0.500. The molecular formula is C8H14O10. The maximum atomic E-state index is 9.90. The van der Waals surface area contributed by atoms with Gasteiger partial charge in [0.2, 0.25) is 0 Å². The molecule has 10 heteroatoms. The zero-order valence-corrected chi connectivity index (χ0v) is 9.14. The summed E-state index contributed by atoms with van der Waals surface area (Å²) in [5, 5.41) is 44.2. The van der Waals surface area contributed by atoms with Gasteiger partial charge in [-0.2, -0.15) is 0 Å². The standard InChI is InChI=1S/C6H10O4.2CH2O3/c7-5(8)3-1-2-4-6(9)10;2*2-1(3)4/h1-4H2,(H,7,8)(H,9,10);2*(H2,2,3,4). The molecule has 106 valence electrons. The van der Waals surface area contributed by atoms with Crippen molar-refractivity contribution in [1.82, 2.24) is 0 Å². The van der Waals surface area contributed by atoms with E-state index >= 15 is 0 Å². The van der Waals surface area contributed by atoms with Crippen LogP contribution in [0, 0.1) is 0 Å². The quantitative estimate of drug-likeness (QED) is 0.395. The second-order valence-corrected chi connectivity index (χ2v) is 2.56. The lowest BCUT2D eigenvalue weighted by Crippen LogP contribution is -1.97. The molecule has 0 aliphatic heterocycles. The van der Waals surface area contributed by atoms with E-state index < -0.39 is 24.2 Å². The summed E-state index contributed by atoms with van der Waals surface area (Å²) in [5.74, 6) is -1.74. The summed E-state index contributed by atoms with van der Waals surface area (Å²) < 4.78 is 0. The first-order valence-corrected chi connectivity index (χ1v) is 4.37. The zero-order chi connectivity index (χ0) is 15.1. The van der Waals surface area contributed by atoms with Gasteiger partial charge in [-0.05, 0) is 12.8 Å². The molecule has 0 aromatic heterocycles. The molecule has 0 saturated carbocycles. The minimum absolute atomic E-state index is 0.0628. The van der Waals surface area contributed by atoms with Gasteiger partial charge in [-0.25, -0.2) is 9.59 Å². The normalized spacial score (nSPS) is 7.78. The molecule has 18 heavy (non-hydrogen) atoms. The number of carboxylic acid groups (broad SMARTS) is 6. The maximum absolute atomic E-state index is 9.90. The Hall–Kier alpha value is -2.52. The van der Waals surface area contributed by atoms with Crippen LogP contribution in [0.1, 0.15) is 25.7 Å². The van der Waals surface area contributed by atoms with Crippen LogP contribution in [0.2, 0.25) is 0 Å². The molecule has 6 N–H and O–H groups in total. The van der Waals surface area contributed by atoms with Crippen molar-refractivity contribution < 1.29 is 49.8 Å². The average molecular weight is 270 g/mol. The Kier molecular flexibility index (Phi) is 16.8. The number of unbranched alkanes of at least 4 members (excludes halogenated alkanes) is 1. The second kappa shape index (κ2) is 14.5. The molecule has 0 aromatic rings. The third-order valence-corrected chi connectivity index (χ3v) is 1.03. The molecule has 0 aliphatic rings. The van der Waals surface area contributed by atoms with Crippen molar-refractivity contribution in [1.29, 1.82) is 0 Å². The predicted molar refractivity (Wildman–Crippen MR) is 55.0 cm³/mol. The number of hydrogen-bond acceptors (Lipinski definition) is 4. The summed E-state index contributed by atoms with van der Waals surface area (Å²) in [6.07, 6.45) is -2.65. The number of carbonyl (C=O) groups is 4. The SMILES string of the molecule is O=C(O)CCCCC(=O)O.O=C(O)O.O=C(O)O. The largest absolute Gasteiger partial charge is 0.503 e. The summed E-state index contributed by atoms with van der Waals surface area (Å²) in [6.45, 7) is 0. The van der Waals surface area contributed by atoms with Crippen molar-refractivity contribution in [3.05, 3.63) is 0 Å². The molecule has 0 radical (unpaired) electrons. The van der Waals surface area contributed by atoms with E-state index in [9.17, 15) is 9.59 Å². The van der Waals surface area contributed by atoms with Gasteiger partial charge >= 0.3 is 24.2 Å². The van der Waals surface area contributed by atoms with E-state index in [1.807, 2.05) is 0 Å². The molecule has 0 unspecified atom stereocenters. The Labute approximate surface area is 101 Å². The van der Waals surface area contributed by atoms with Gasteiger partial charge in [0.15, 0.2) is 0 Å².